The second kappa shape index (κ2) is 9.96. The van der Waals surface area contributed by atoms with E-state index in [4.69, 9.17) is 14.2 Å². The van der Waals surface area contributed by atoms with Crippen molar-refractivity contribution in [1.82, 2.24) is 9.88 Å². The van der Waals surface area contributed by atoms with Crippen molar-refractivity contribution < 1.29 is 28.6 Å². The number of methoxy groups -OCH3 is 1. The third kappa shape index (κ3) is 5.73. The molecule has 8 nitrogen and oxygen atoms in total. The van der Waals surface area contributed by atoms with E-state index in [1.54, 1.807) is 42.1 Å². The Hall–Kier alpha value is -3.55. The van der Waals surface area contributed by atoms with Crippen molar-refractivity contribution in [2.75, 3.05) is 20.3 Å². The quantitative estimate of drug-likeness (QED) is 0.697. The van der Waals surface area contributed by atoms with Crippen molar-refractivity contribution in [3.63, 3.8) is 0 Å². The van der Waals surface area contributed by atoms with E-state index in [2.05, 4.69) is 5.32 Å². The molecule has 2 amide bonds. The van der Waals surface area contributed by atoms with Gasteiger partial charge < -0.3 is 18.8 Å². The molecule has 0 aliphatic heterocycles. The van der Waals surface area contributed by atoms with E-state index in [1.807, 2.05) is 25.1 Å². The van der Waals surface area contributed by atoms with Gasteiger partial charge in [-0.05, 0) is 36.8 Å². The zero-order valence-electron chi connectivity index (χ0n) is 15.9. The van der Waals surface area contributed by atoms with Gasteiger partial charge in [0, 0.05) is 13.2 Å². The van der Waals surface area contributed by atoms with E-state index in [0.717, 1.165) is 5.56 Å². The Morgan fingerprint density at radius 2 is 1.93 bits per heavy atom. The third-order valence-electron chi connectivity index (χ3n) is 3.69. The number of amides is 2. The molecule has 0 aliphatic rings. The predicted molar refractivity (Wildman–Crippen MR) is 102 cm³/mol. The lowest BCUT2D eigenvalue weighted by Crippen LogP contribution is -2.35. The Morgan fingerprint density at radius 3 is 2.57 bits per heavy atom. The van der Waals surface area contributed by atoms with Gasteiger partial charge in [-0.3, -0.25) is 14.9 Å². The number of carbonyl (C=O) groups excluding carboxylic acids is 3. The monoisotopic (exact) mass is 386 g/mol. The predicted octanol–water partition coefficient (Wildman–Crippen LogP) is 1.95. The van der Waals surface area contributed by atoms with Gasteiger partial charge >= 0.3 is 5.97 Å². The van der Waals surface area contributed by atoms with Crippen LogP contribution in [0.2, 0.25) is 0 Å². The molecule has 0 unspecified atom stereocenters. The number of esters is 1. The van der Waals surface area contributed by atoms with Crippen LogP contribution >= 0.6 is 0 Å². The number of carbonyl (C=O) groups is 3. The topological polar surface area (TPSA) is 95.9 Å². The zero-order chi connectivity index (χ0) is 20.5. The molecule has 0 saturated carbocycles. The highest BCUT2D eigenvalue weighted by molar-refractivity contribution is 6.04. The van der Waals surface area contributed by atoms with E-state index in [-0.39, 0.29) is 0 Å². The summed E-state index contributed by atoms with van der Waals surface area (Å²) in [6.45, 7) is 0.907. The van der Waals surface area contributed by atoms with Crippen LogP contribution in [0.1, 0.15) is 23.0 Å². The van der Waals surface area contributed by atoms with Gasteiger partial charge in [0.2, 0.25) is 0 Å². The fourth-order valence-corrected chi connectivity index (χ4v) is 2.35. The van der Waals surface area contributed by atoms with Gasteiger partial charge in [-0.25, -0.2) is 4.79 Å². The summed E-state index contributed by atoms with van der Waals surface area (Å²) in [5, 5.41) is 2.15. The number of ether oxygens (including phenoxy) is 3. The molecule has 1 aromatic carbocycles. The highest BCUT2D eigenvalue weighted by atomic mass is 16.6. The maximum absolute atomic E-state index is 11.9. The summed E-state index contributed by atoms with van der Waals surface area (Å²) in [6.07, 6.45) is 5.46. The van der Waals surface area contributed by atoms with E-state index in [0.29, 0.717) is 17.2 Å². The van der Waals surface area contributed by atoms with E-state index in [9.17, 15) is 14.4 Å². The average Bonchev–Trinajstić information content (AvgIpc) is 3.11. The SMILES string of the molecule is C/C=C/c1ccc(OCC(=O)OCC(=O)NC(=O)c2cccn2C)c(OC)c1. The Balaban J connectivity index is 1.80. The van der Waals surface area contributed by atoms with Crippen LogP contribution in [0.25, 0.3) is 6.08 Å². The first-order valence-corrected chi connectivity index (χ1v) is 8.49. The van der Waals surface area contributed by atoms with Crippen LogP contribution in [0.3, 0.4) is 0 Å². The fraction of sp³-hybridized carbons (Fsp3) is 0.250. The number of aryl methyl sites for hydroxylation is 1. The molecule has 0 aliphatic carbocycles. The van der Waals surface area contributed by atoms with Gasteiger partial charge in [0.15, 0.2) is 24.7 Å². The molecule has 1 N–H and O–H groups in total. The first kappa shape index (κ1) is 20.8. The van der Waals surface area contributed by atoms with Crippen molar-refractivity contribution in [1.29, 1.82) is 0 Å². The molecule has 0 spiro atoms. The fourth-order valence-electron chi connectivity index (χ4n) is 2.35. The van der Waals surface area contributed by atoms with Crippen molar-refractivity contribution in [3.8, 4) is 11.5 Å². The summed E-state index contributed by atoms with van der Waals surface area (Å²) < 4.78 is 17.0. The van der Waals surface area contributed by atoms with Crippen molar-refractivity contribution in [2.24, 2.45) is 7.05 Å². The number of nitrogens with one attached hydrogen (secondary N) is 1. The molecule has 0 bridgehead atoms. The van der Waals surface area contributed by atoms with Crippen molar-refractivity contribution >= 4 is 23.9 Å². The van der Waals surface area contributed by atoms with Crippen LogP contribution in [0.4, 0.5) is 0 Å². The van der Waals surface area contributed by atoms with Crippen LogP contribution in [0.15, 0.2) is 42.6 Å². The van der Waals surface area contributed by atoms with E-state index >= 15 is 0 Å². The maximum atomic E-state index is 11.9. The van der Waals surface area contributed by atoms with E-state index < -0.39 is 31.0 Å². The number of nitrogens with zero attached hydrogens (tertiary/aromatic N) is 1. The second-order valence-corrected chi connectivity index (χ2v) is 5.74. The molecule has 1 aromatic heterocycles. The minimum atomic E-state index is -0.749. The van der Waals surface area contributed by atoms with Crippen molar-refractivity contribution in [3.05, 3.63) is 53.9 Å². The number of imide groups is 1. The molecule has 2 rings (SSSR count). The minimum Gasteiger partial charge on any atom is -0.493 e. The van der Waals surface area contributed by atoms with Crippen molar-refractivity contribution in [2.45, 2.75) is 6.92 Å². The molecular formula is C20H22N2O6. The Morgan fingerprint density at radius 1 is 1.14 bits per heavy atom. The lowest BCUT2D eigenvalue weighted by Gasteiger charge is -2.11. The maximum Gasteiger partial charge on any atom is 0.344 e. The summed E-state index contributed by atoms with van der Waals surface area (Å²) in [5.74, 6) is -1.21. The number of benzene rings is 1. The van der Waals surface area contributed by atoms with Crippen LogP contribution in [0, 0.1) is 0 Å². The molecular weight excluding hydrogens is 364 g/mol. The number of aromatic nitrogens is 1. The van der Waals surface area contributed by atoms with Gasteiger partial charge in [-0.2, -0.15) is 0 Å². The number of hydrogen-bond acceptors (Lipinski definition) is 6. The molecule has 1 heterocycles. The Kier molecular flexibility index (Phi) is 7.38. The highest BCUT2D eigenvalue weighted by Crippen LogP contribution is 2.28. The summed E-state index contributed by atoms with van der Waals surface area (Å²) in [7, 11) is 3.17. The molecule has 0 fully saturated rings. The number of rotatable bonds is 8. The number of allylic oxidation sites excluding steroid dienone is 1. The average molecular weight is 386 g/mol. The second-order valence-electron chi connectivity index (χ2n) is 5.74. The molecule has 28 heavy (non-hydrogen) atoms. The Bertz CT molecular complexity index is 885. The smallest absolute Gasteiger partial charge is 0.344 e. The number of hydrogen-bond donors (Lipinski definition) is 1. The lowest BCUT2D eigenvalue weighted by molar-refractivity contribution is -0.150. The zero-order valence-corrected chi connectivity index (χ0v) is 15.9. The summed E-state index contributed by atoms with van der Waals surface area (Å²) >= 11 is 0. The van der Waals surface area contributed by atoms with Crippen LogP contribution in [-0.2, 0) is 21.4 Å². The molecule has 0 atom stereocenters. The highest BCUT2D eigenvalue weighted by Gasteiger charge is 2.15. The van der Waals surface area contributed by atoms with Gasteiger partial charge in [-0.15, -0.1) is 0 Å². The molecule has 8 heteroatoms. The van der Waals surface area contributed by atoms with Gasteiger partial charge in [-0.1, -0.05) is 18.2 Å². The van der Waals surface area contributed by atoms with Crippen LogP contribution < -0.4 is 14.8 Å². The minimum absolute atomic E-state index is 0.316. The van der Waals surface area contributed by atoms with Gasteiger partial charge in [0.25, 0.3) is 11.8 Å². The summed E-state index contributed by atoms with van der Waals surface area (Å²) in [6, 6.07) is 8.50. The molecule has 0 saturated heterocycles. The van der Waals surface area contributed by atoms with E-state index in [1.165, 1.54) is 7.11 Å². The molecule has 0 radical (unpaired) electrons. The third-order valence-corrected chi connectivity index (χ3v) is 3.69. The first-order chi connectivity index (χ1) is 13.4. The van der Waals surface area contributed by atoms with Crippen LogP contribution in [0.5, 0.6) is 11.5 Å². The van der Waals surface area contributed by atoms with Gasteiger partial charge in [0.05, 0.1) is 7.11 Å². The van der Waals surface area contributed by atoms with Crippen LogP contribution in [-0.4, -0.2) is 42.7 Å². The summed E-state index contributed by atoms with van der Waals surface area (Å²) in [5.41, 5.74) is 1.24. The summed E-state index contributed by atoms with van der Waals surface area (Å²) in [4.78, 5) is 35.4. The molecule has 2 aromatic rings. The largest absolute Gasteiger partial charge is 0.493 e. The first-order valence-electron chi connectivity index (χ1n) is 8.49. The normalized spacial score (nSPS) is 10.5. The van der Waals surface area contributed by atoms with Gasteiger partial charge in [0.1, 0.15) is 5.69 Å². The standard InChI is InChI=1S/C20H22N2O6/c1-4-6-14-8-9-16(17(11-14)26-3)27-13-19(24)28-12-18(23)21-20(25)15-7-5-10-22(15)2/h4-11H,12-13H2,1-3H3,(H,21,23,25)/b6-4+. The lowest BCUT2D eigenvalue weighted by atomic mass is 10.2. The molecule has 148 valence electrons. The Labute approximate surface area is 162 Å².